The first-order chi connectivity index (χ1) is 15.9. The quantitative estimate of drug-likeness (QED) is 0.268. The third kappa shape index (κ3) is 3.07. The average molecular weight is 408 g/mol. The molecule has 6 aromatic rings. The second-order valence-electron chi connectivity index (χ2n) is 8.03. The van der Waals surface area contributed by atoms with E-state index in [1.54, 1.807) is 0 Å². The summed E-state index contributed by atoms with van der Waals surface area (Å²) in [5.74, 6) is 0. The summed E-state index contributed by atoms with van der Waals surface area (Å²) in [6, 6.07) is 41.2. The number of nitrogens with zero attached hydrogens (tertiary/aromatic N) is 1. The maximum absolute atomic E-state index is 4.26. The van der Waals surface area contributed by atoms with Crippen LogP contribution in [0.4, 0.5) is 0 Å². The molecule has 0 bridgehead atoms. The Morgan fingerprint density at radius 2 is 0.781 bits per heavy atom. The minimum absolute atomic E-state index is 1.13. The highest BCUT2D eigenvalue weighted by Crippen LogP contribution is 2.43. The fraction of sp³-hybridized carbons (Fsp3) is 0. The molecule has 0 fully saturated rings. The van der Waals surface area contributed by atoms with Gasteiger partial charge in [0, 0.05) is 12.4 Å². The van der Waals surface area contributed by atoms with Gasteiger partial charge in [0.15, 0.2) is 0 Å². The lowest BCUT2D eigenvalue weighted by molar-refractivity contribution is 1.33. The van der Waals surface area contributed by atoms with Crippen LogP contribution < -0.4 is 0 Å². The van der Waals surface area contributed by atoms with Gasteiger partial charge < -0.3 is 0 Å². The molecule has 32 heavy (non-hydrogen) atoms. The molecule has 0 aliphatic carbocycles. The van der Waals surface area contributed by atoms with E-state index in [-0.39, 0.29) is 0 Å². The first-order valence-corrected chi connectivity index (χ1v) is 10.9. The van der Waals surface area contributed by atoms with Gasteiger partial charge in [-0.05, 0) is 61.0 Å². The molecule has 1 nitrogen and oxygen atoms in total. The summed E-state index contributed by atoms with van der Waals surface area (Å²) in [6.07, 6.45) is 3.72. The normalized spacial score (nSPS) is 11.1. The second kappa shape index (κ2) is 7.79. The molecule has 0 unspecified atom stereocenters. The molecular formula is C31H21N. The van der Waals surface area contributed by atoms with Gasteiger partial charge >= 0.3 is 0 Å². The van der Waals surface area contributed by atoms with Crippen LogP contribution in [0.2, 0.25) is 0 Å². The van der Waals surface area contributed by atoms with Crippen molar-refractivity contribution >= 4 is 21.5 Å². The van der Waals surface area contributed by atoms with Crippen molar-refractivity contribution in [2.45, 2.75) is 0 Å². The molecule has 0 aliphatic heterocycles. The minimum Gasteiger partial charge on any atom is -0.264 e. The highest BCUT2D eigenvalue weighted by molar-refractivity contribution is 6.21. The molecule has 0 spiro atoms. The number of hydrogen-bond acceptors (Lipinski definition) is 1. The van der Waals surface area contributed by atoms with Gasteiger partial charge in [-0.25, -0.2) is 0 Å². The highest BCUT2D eigenvalue weighted by atomic mass is 14.6. The third-order valence-electron chi connectivity index (χ3n) is 6.16. The van der Waals surface area contributed by atoms with E-state index in [2.05, 4.69) is 114 Å². The largest absolute Gasteiger partial charge is 0.264 e. The molecule has 1 aromatic heterocycles. The summed E-state index contributed by atoms with van der Waals surface area (Å²) >= 11 is 0. The Morgan fingerprint density at radius 1 is 0.344 bits per heavy atom. The zero-order valence-electron chi connectivity index (χ0n) is 17.6. The van der Waals surface area contributed by atoms with Crippen LogP contribution in [0.1, 0.15) is 0 Å². The highest BCUT2D eigenvalue weighted by Gasteiger charge is 2.16. The molecule has 0 amide bonds. The van der Waals surface area contributed by atoms with Crippen molar-refractivity contribution in [2.24, 2.45) is 0 Å². The van der Waals surface area contributed by atoms with Gasteiger partial charge in [0.25, 0.3) is 0 Å². The zero-order valence-corrected chi connectivity index (χ0v) is 17.6. The van der Waals surface area contributed by atoms with E-state index in [1.165, 1.54) is 49.4 Å². The monoisotopic (exact) mass is 407 g/mol. The number of benzene rings is 5. The molecule has 6 rings (SSSR count). The summed E-state index contributed by atoms with van der Waals surface area (Å²) in [7, 11) is 0. The van der Waals surface area contributed by atoms with Crippen molar-refractivity contribution in [2.75, 3.05) is 0 Å². The SMILES string of the molecule is c1ccc(-c2c3ccccc3c(-c3ccc(-c4cccnc4)cc3)c3ccccc23)cc1. The fourth-order valence-corrected chi connectivity index (χ4v) is 4.72. The van der Waals surface area contributed by atoms with Crippen molar-refractivity contribution in [3.05, 3.63) is 128 Å². The first-order valence-electron chi connectivity index (χ1n) is 10.9. The van der Waals surface area contributed by atoms with Crippen LogP contribution in [0.25, 0.3) is 54.9 Å². The van der Waals surface area contributed by atoms with Gasteiger partial charge in [0.2, 0.25) is 0 Å². The van der Waals surface area contributed by atoms with E-state index in [9.17, 15) is 0 Å². The average Bonchev–Trinajstić information content (AvgIpc) is 2.88. The minimum atomic E-state index is 1.13. The van der Waals surface area contributed by atoms with Crippen LogP contribution >= 0.6 is 0 Å². The molecule has 0 saturated carbocycles. The Kier molecular flexibility index (Phi) is 4.51. The van der Waals surface area contributed by atoms with Crippen molar-refractivity contribution in [3.63, 3.8) is 0 Å². The van der Waals surface area contributed by atoms with E-state index < -0.39 is 0 Å². The number of hydrogen-bond donors (Lipinski definition) is 0. The number of fused-ring (bicyclic) bond motifs is 2. The Balaban J connectivity index is 1.65. The molecule has 1 heterocycles. The van der Waals surface area contributed by atoms with Gasteiger partial charge in [0.1, 0.15) is 0 Å². The van der Waals surface area contributed by atoms with Crippen LogP contribution in [0.3, 0.4) is 0 Å². The predicted octanol–water partition coefficient (Wildman–Crippen LogP) is 8.39. The molecule has 150 valence electrons. The second-order valence-corrected chi connectivity index (χ2v) is 8.03. The van der Waals surface area contributed by atoms with Gasteiger partial charge in [-0.15, -0.1) is 0 Å². The molecule has 5 aromatic carbocycles. The summed E-state index contributed by atoms with van der Waals surface area (Å²) < 4.78 is 0. The molecule has 0 saturated heterocycles. The Morgan fingerprint density at radius 3 is 1.28 bits per heavy atom. The summed E-state index contributed by atoms with van der Waals surface area (Å²) in [5, 5.41) is 5.12. The molecule has 0 N–H and O–H groups in total. The van der Waals surface area contributed by atoms with E-state index in [1.807, 2.05) is 18.5 Å². The number of pyridine rings is 1. The molecule has 0 aliphatic rings. The molecule has 0 atom stereocenters. The maximum Gasteiger partial charge on any atom is 0.0346 e. The van der Waals surface area contributed by atoms with Gasteiger partial charge in [0.05, 0.1) is 0 Å². The Bertz CT molecular complexity index is 1480. The van der Waals surface area contributed by atoms with Crippen LogP contribution in [-0.4, -0.2) is 4.98 Å². The standard InChI is InChI=1S/C31H21N/c1-2-9-23(10-3-1)30-26-12-4-6-14-28(26)31(29-15-7-5-13-27(29)30)24-18-16-22(17-19-24)25-11-8-20-32-21-25/h1-21H. The molecule has 0 radical (unpaired) electrons. The van der Waals surface area contributed by atoms with E-state index in [0.717, 1.165) is 5.56 Å². The van der Waals surface area contributed by atoms with Crippen LogP contribution in [-0.2, 0) is 0 Å². The van der Waals surface area contributed by atoms with Crippen LogP contribution in [0, 0.1) is 0 Å². The lowest BCUT2D eigenvalue weighted by Crippen LogP contribution is -1.90. The van der Waals surface area contributed by atoms with Gasteiger partial charge in [-0.2, -0.15) is 0 Å². The molecule has 1 heteroatoms. The Hall–Kier alpha value is -4.23. The molecular weight excluding hydrogens is 386 g/mol. The number of aromatic nitrogens is 1. The predicted molar refractivity (Wildman–Crippen MR) is 136 cm³/mol. The Labute approximate surface area is 187 Å². The van der Waals surface area contributed by atoms with Crippen LogP contribution in [0.15, 0.2) is 128 Å². The fourth-order valence-electron chi connectivity index (χ4n) is 4.72. The third-order valence-corrected chi connectivity index (χ3v) is 6.16. The van der Waals surface area contributed by atoms with Crippen molar-refractivity contribution in [1.82, 2.24) is 4.98 Å². The van der Waals surface area contributed by atoms with Crippen molar-refractivity contribution in [3.8, 4) is 33.4 Å². The van der Waals surface area contributed by atoms with Crippen molar-refractivity contribution in [1.29, 1.82) is 0 Å². The van der Waals surface area contributed by atoms with Gasteiger partial charge in [-0.3, -0.25) is 4.98 Å². The zero-order chi connectivity index (χ0) is 21.3. The summed E-state index contributed by atoms with van der Waals surface area (Å²) in [6.45, 7) is 0. The summed E-state index contributed by atoms with van der Waals surface area (Å²) in [5.41, 5.74) is 7.37. The summed E-state index contributed by atoms with van der Waals surface area (Å²) in [4.78, 5) is 4.26. The lowest BCUT2D eigenvalue weighted by Gasteiger charge is -2.17. The van der Waals surface area contributed by atoms with E-state index in [0.29, 0.717) is 0 Å². The number of rotatable bonds is 3. The van der Waals surface area contributed by atoms with E-state index in [4.69, 9.17) is 0 Å². The van der Waals surface area contributed by atoms with Gasteiger partial charge in [-0.1, -0.05) is 109 Å². The van der Waals surface area contributed by atoms with E-state index >= 15 is 0 Å². The lowest BCUT2D eigenvalue weighted by atomic mass is 9.86. The van der Waals surface area contributed by atoms with Crippen molar-refractivity contribution < 1.29 is 0 Å². The first kappa shape index (κ1) is 18.5. The topological polar surface area (TPSA) is 12.9 Å². The van der Waals surface area contributed by atoms with Crippen LogP contribution in [0.5, 0.6) is 0 Å². The maximum atomic E-state index is 4.26. The smallest absolute Gasteiger partial charge is 0.0346 e.